The van der Waals surface area contributed by atoms with Crippen LogP contribution in [0.25, 0.3) is 0 Å². The van der Waals surface area contributed by atoms with Gasteiger partial charge < -0.3 is 10.1 Å². The second-order valence-electron chi connectivity index (χ2n) is 4.53. The number of hydrogen-bond acceptors (Lipinski definition) is 2. The van der Waals surface area contributed by atoms with Crippen LogP contribution in [0, 0.1) is 0 Å². The maximum Gasteiger partial charge on any atom is 0.0620 e. The Kier molecular flexibility index (Phi) is 6.43. The number of ether oxygens (including phenoxy) is 1. The maximum atomic E-state index is 5.77. The summed E-state index contributed by atoms with van der Waals surface area (Å²) in [5, 5.41) is 3.48. The Hall–Kier alpha value is -0.600. The maximum absolute atomic E-state index is 5.77. The van der Waals surface area contributed by atoms with Crippen LogP contribution >= 0.6 is 0 Å². The van der Waals surface area contributed by atoms with Crippen LogP contribution in [0.3, 0.4) is 0 Å². The molecule has 2 heteroatoms. The van der Waals surface area contributed by atoms with E-state index in [0.29, 0.717) is 12.1 Å². The van der Waals surface area contributed by atoms with Gasteiger partial charge in [-0.05, 0) is 45.6 Å². The topological polar surface area (TPSA) is 21.3 Å². The van der Waals surface area contributed by atoms with E-state index in [1.807, 2.05) is 6.92 Å². The van der Waals surface area contributed by atoms with Crippen LogP contribution in [-0.4, -0.2) is 25.3 Å². The summed E-state index contributed by atoms with van der Waals surface area (Å²) in [5.74, 6) is 0. The zero-order chi connectivity index (χ0) is 11.8. The van der Waals surface area contributed by atoms with Gasteiger partial charge in [0.05, 0.1) is 12.7 Å². The van der Waals surface area contributed by atoms with Crippen LogP contribution in [0.1, 0.15) is 40.0 Å². The van der Waals surface area contributed by atoms with E-state index in [1.54, 1.807) is 0 Å². The zero-order valence-corrected chi connectivity index (χ0v) is 10.8. The quantitative estimate of drug-likeness (QED) is 0.670. The molecule has 0 radical (unpaired) electrons. The second-order valence-corrected chi connectivity index (χ2v) is 4.53. The predicted molar refractivity (Wildman–Crippen MR) is 69.6 cm³/mol. The predicted octanol–water partition coefficient (Wildman–Crippen LogP) is 3.06. The molecule has 1 saturated carbocycles. The number of hydrogen-bond donors (Lipinski definition) is 1. The molecular weight excluding hydrogens is 198 g/mol. The van der Waals surface area contributed by atoms with Crippen LogP contribution < -0.4 is 5.32 Å². The van der Waals surface area contributed by atoms with Crippen LogP contribution in [0.5, 0.6) is 0 Å². The molecule has 0 amide bonds. The monoisotopic (exact) mass is 223 g/mol. The van der Waals surface area contributed by atoms with Crippen LogP contribution in [-0.2, 0) is 4.74 Å². The van der Waals surface area contributed by atoms with Crippen molar-refractivity contribution in [2.75, 3.05) is 13.2 Å². The van der Waals surface area contributed by atoms with Crippen LogP contribution in [0.15, 0.2) is 23.8 Å². The van der Waals surface area contributed by atoms with E-state index in [2.05, 4.69) is 37.4 Å². The van der Waals surface area contributed by atoms with Crippen molar-refractivity contribution in [3.8, 4) is 0 Å². The first kappa shape index (κ1) is 13.5. The fourth-order valence-corrected chi connectivity index (χ4v) is 1.64. The van der Waals surface area contributed by atoms with E-state index in [0.717, 1.165) is 13.2 Å². The molecular formula is C14H25NO. The number of allylic oxidation sites excluding steroid dienone is 2. The highest BCUT2D eigenvalue weighted by atomic mass is 16.5. The van der Waals surface area contributed by atoms with Crippen molar-refractivity contribution >= 4 is 0 Å². The van der Waals surface area contributed by atoms with Crippen molar-refractivity contribution in [1.82, 2.24) is 5.32 Å². The standard InChI is InChI=1S/C14H25NO/c1-4-7-13(5-2)10-15-12(3)11-16-14-8-6-9-14/h4-5,7,12,14-15H,6,8-11H2,1-3H3/b7-4-,13-5+. The Balaban J connectivity index is 2.10. The van der Waals surface area contributed by atoms with Gasteiger partial charge in [0.25, 0.3) is 0 Å². The van der Waals surface area contributed by atoms with Gasteiger partial charge in [0.15, 0.2) is 0 Å². The molecule has 0 spiro atoms. The molecule has 16 heavy (non-hydrogen) atoms. The first-order valence-electron chi connectivity index (χ1n) is 6.39. The third kappa shape index (κ3) is 4.95. The van der Waals surface area contributed by atoms with Crippen molar-refractivity contribution in [3.63, 3.8) is 0 Å². The SMILES string of the molecule is C/C=C\C(=C/C)CNC(C)COC1CCC1. The smallest absolute Gasteiger partial charge is 0.0620 e. The van der Waals surface area contributed by atoms with Crippen molar-refractivity contribution in [3.05, 3.63) is 23.8 Å². The van der Waals surface area contributed by atoms with E-state index in [9.17, 15) is 0 Å². The summed E-state index contributed by atoms with van der Waals surface area (Å²) in [6, 6.07) is 0.431. The Morgan fingerprint density at radius 3 is 2.69 bits per heavy atom. The fourth-order valence-electron chi connectivity index (χ4n) is 1.64. The summed E-state index contributed by atoms with van der Waals surface area (Å²) >= 11 is 0. The molecule has 1 N–H and O–H groups in total. The van der Waals surface area contributed by atoms with Gasteiger partial charge in [-0.25, -0.2) is 0 Å². The molecule has 1 fully saturated rings. The average molecular weight is 223 g/mol. The molecule has 2 nitrogen and oxygen atoms in total. The molecule has 1 atom stereocenters. The van der Waals surface area contributed by atoms with Gasteiger partial charge in [-0.1, -0.05) is 18.2 Å². The summed E-state index contributed by atoms with van der Waals surface area (Å²) < 4.78 is 5.77. The molecule has 0 heterocycles. The first-order valence-corrected chi connectivity index (χ1v) is 6.39. The third-order valence-electron chi connectivity index (χ3n) is 3.04. The molecule has 1 aliphatic rings. The minimum atomic E-state index is 0.431. The van der Waals surface area contributed by atoms with E-state index >= 15 is 0 Å². The van der Waals surface area contributed by atoms with Gasteiger partial charge in [0, 0.05) is 12.6 Å². The van der Waals surface area contributed by atoms with E-state index in [4.69, 9.17) is 4.74 Å². The van der Waals surface area contributed by atoms with Gasteiger partial charge in [-0.2, -0.15) is 0 Å². The summed E-state index contributed by atoms with van der Waals surface area (Å²) in [7, 11) is 0. The van der Waals surface area contributed by atoms with E-state index in [1.165, 1.54) is 24.8 Å². The lowest BCUT2D eigenvalue weighted by atomic mass is 9.96. The summed E-state index contributed by atoms with van der Waals surface area (Å²) in [4.78, 5) is 0. The second kappa shape index (κ2) is 7.64. The van der Waals surface area contributed by atoms with Crippen molar-refractivity contribution < 1.29 is 4.74 Å². The Morgan fingerprint density at radius 1 is 1.44 bits per heavy atom. The minimum absolute atomic E-state index is 0.431. The summed E-state index contributed by atoms with van der Waals surface area (Å²) in [6.07, 6.45) is 10.8. The van der Waals surface area contributed by atoms with Crippen molar-refractivity contribution in [2.24, 2.45) is 0 Å². The zero-order valence-electron chi connectivity index (χ0n) is 10.8. The van der Waals surface area contributed by atoms with E-state index in [-0.39, 0.29) is 0 Å². The molecule has 0 aromatic carbocycles. The highest BCUT2D eigenvalue weighted by Crippen LogP contribution is 2.21. The normalized spacial score (nSPS) is 20.1. The van der Waals surface area contributed by atoms with Gasteiger partial charge in [-0.3, -0.25) is 0 Å². The lowest BCUT2D eigenvalue weighted by Crippen LogP contribution is -2.35. The highest BCUT2D eigenvalue weighted by Gasteiger charge is 2.18. The van der Waals surface area contributed by atoms with Crippen molar-refractivity contribution in [1.29, 1.82) is 0 Å². The fraction of sp³-hybridized carbons (Fsp3) is 0.714. The van der Waals surface area contributed by atoms with Gasteiger partial charge in [-0.15, -0.1) is 0 Å². The molecule has 0 saturated heterocycles. The van der Waals surface area contributed by atoms with Gasteiger partial charge in [0.1, 0.15) is 0 Å². The molecule has 1 rings (SSSR count). The van der Waals surface area contributed by atoms with Crippen molar-refractivity contribution in [2.45, 2.75) is 52.2 Å². The Morgan fingerprint density at radius 2 is 2.19 bits per heavy atom. The molecule has 1 unspecified atom stereocenters. The molecule has 0 aliphatic heterocycles. The molecule has 92 valence electrons. The molecule has 1 aliphatic carbocycles. The first-order chi connectivity index (χ1) is 7.76. The van der Waals surface area contributed by atoms with E-state index < -0.39 is 0 Å². The van der Waals surface area contributed by atoms with Crippen LogP contribution in [0.2, 0.25) is 0 Å². The molecule has 0 aromatic heterocycles. The molecule has 0 bridgehead atoms. The summed E-state index contributed by atoms with van der Waals surface area (Å²) in [5.41, 5.74) is 1.33. The molecule has 0 aromatic rings. The van der Waals surface area contributed by atoms with Gasteiger partial charge in [0.2, 0.25) is 0 Å². The lowest BCUT2D eigenvalue weighted by molar-refractivity contribution is -0.00601. The Labute approximate surface area is 99.8 Å². The Bertz CT molecular complexity index is 241. The summed E-state index contributed by atoms with van der Waals surface area (Å²) in [6.45, 7) is 8.06. The van der Waals surface area contributed by atoms with Crippen LogP contribution in [0.4, 0.5) is 0 Å². The third-order valence-corrected chi connectivity index (χ3v) is 3.04. The highest BCUT2D eigenvalue weighted by molar-refractivity contribution is 5.18. The largest absolute Gasteiger partial charge is 0.377 e. The average Bonchev–Trinajstić information content (AvgIpc) is 2.22. The van der Waals surface area contributed by atoms with Gasteiger partial charge >= 0.3 is 0 Å². The number of rotatable bonds is 7. The minimum Gasteiger partial charge on any atom is -0.377 e. The lowest BCUT2D eigenvalue weighted by Gasteiger charge is -2.27. The number of nitrogens with one attached hydrogen (secondary N) is 1.